The van der Waals surface area contributed by atoms with Gasteiger partial charge in [-0.25, -0.2) is 4.79 Å². The Labute approximate surface area is 118 Å². The van der Waals surface area contributed by atoms with Crippen molar-refractivity contribution in [2.75, 3.05) is 25.4 Å². The maximum absolute atomic E-state index is 12.5. The van der Waals surface area contributed by atoms with Crippen LogP contribution in [-0.2, 0) is 4.79 Å². The lowest BCUT2D eigenvalue weighted by atomic mass is 9.98. The molecule has 0 aromatic rings. The predicted octanol–water partition coefficient (Wildman–Crippen LogP) is 1.73. The van der Waals surface area contributed by atoms with Crippen molar-refractivity contribution in [2.45, 2.75) is 38.0 Å². The first kappa shape index (κ1) is 14.5. The predicted molar refractivity (Wildman–Crippen MR) is 75.4 cm³/mol. The van der Waals surface area contributed by atoms with Crippen LogP contribution in [0.1, 0.15) is 26.7 Å². The van der Waals surface area contributed by atoms with Gasteiger partial charge in [0.25, 0.3) is 0 Å². The summed E-state index contributed by atoms with van der Waals surface area (Å²) in [7, 11) is 0. The molecular formula is C13H22N2O3S. The molecule has 2 amide bonds. The zero-order valence-corrected chi connectivity index (χ0v) is 12.4. The van der Waals surface area contributed by atoms with E-state index in [1.807, 2.05) is 16.7 Å². The number of carbonyl (C=O) groups excluding carboxylic acids is 1. The van der Waals surface area contributed by atoms with Gasteiger partial charge in [0, 0.05) is 36.7 Å². The number of piperidine rings is 1. The summed E-state index contributed by atoms with van der Waals surface area (Å²) in [6.07, 6.45) is 1.47. The van der Waals surface area contributed by atoms with Crippen molar-refractivity contribution in [3.8, 4) is 0 Å². The minimum Gasteiger partial charge on any atom is -0.481 e. The molecule has 0 bridgehead atoms. The third-order valence-corrected chi connectivity index (χ3v) is 5.51. The van der Waals surface area contributed by atoms with Gasteiger partial charge in [0.2, 0.25) is 0 Å². The lowest BCUT2D eigenvalue weighted by Crippen LogP contribution is -2.55. The molecule has 2 saturated heterocycles. The van der Waals surface area contributed by atoms with Crippen molar-refractivity contribution in [1.29, 1.82) is 0 Å². The average molecular weight is 286 g/mol. The van der Waals surface area contributed by atoms with E-state index in [1.165, 1.54) is 0 Å². The molecule has 0 aliphatic carbocycles. The molecule has 2 heterocycles. The third-order valence-electron chi connectivity index (χ3n) is 4.17. The molecule has 2 unspecified atom stereocenters. The number of rotatable bonds is 1. The van der Waals surface area contributed by atoms with Crippen LogP contribution < -0.4 is 0 Å². The topological polar surface area (TPSA) is 60.9 Å². The van der Waals surface area contributed by atoms with E-state index >= 15 is 0 Å². The quantitative estimate of drug-likeness (QED) is 0.797. The maximum atomic E-state index is 12.5. The summed E-state index contributed by atoms with van der Waals surface area (Å²) in [5.41, 5.74) is 0. The molecule has 2 fully saturated rings. The summed E-state index contributed by atoms with van der Waals surface area (Å²) >= 11 is 1.89. The number of carboxylic acid groups (broad SMARTS) is 1. The molecule has 3 atom stereocenters. The van der Waals surface area contributed by atoms with Gasteiger partial charge in [-0.15, -0.1) is 0 Å². The first-order valence-corrected chi connectivity index (χ1v) is 7.95. The second-order valence-corrected chi connectivity index (χ2v) is 6.90. The number of hydrogen-bond donors (Lipinski definition) is 1. The summed E-state index contributed by atoms with van der Waals surface area (Å²) in [5, 5.41) is 9.53. The number of nitrogens with zero attached hydrogens (tertiary/aromatic N) is 2. The Morgan fingerprint density at radius 3 is 2.68 bits per heavy atom. The molecule has 2 aliphatic heterocycles. The molecule has 6 heteroatoms. The van der Waals surface area contributed by atoms with Crippen LogP contribution >= 0.6 is 11.8 Å². The molecular weight excluding hydrogens is 264 g/mol. The largest absolute Gasteiger partial charge is 0.481 e. The zero-order valence-electron chi connectivity index (χ0n) is 11.5. The highest BCUT2D eigenvalue weighted by Crippen LogP contribution is 2.26. The van der Waals surface area contributed by atoms with Crippen molar-refractivity contribution >= 4 is 23.8 Å². The Balaban J connectivity index is 2.00. The SMILES string of the molecule is CC1SCCN(C(=O)N2CCC[C@@H](C(=O)O)C2)C1C. The van der Waals surface area contributed by atoms with Crippen molar-refractivity contribution in [3.05, 3.63) is 0 Å². The number of carboxylic acids is 1. The van der Waals surface area contributed by atoms with Gasteiger partial charge in [0.1, 0.15) is 0 Å². The van der Waals surface area contributed by atoms with Gasteiger partial charge in [-0.2, -0.15) is 11.8 Å². The summed E-state index contributed by atoms with van der Waals surface area (Å²) in [6, 6.07) is 0.238. The van der Waals surface area contributed by atoms with E-state index in [4.69, 9.17) is 5.11 Å². The lowest BCUT2D eigenvalue weighted by molar-refractivity contribution is -0.143. The second-order valence-electron chi connectivity index (χ2n) is 5.42. The van der Waals surface area contributed by atoms with E-state index < -0.39 is 11.9 Å². The molecule has 0 saturated carbocycles. The van der Waals surface area contributed by atoms with Crippen LogP contribution in [0.4, 0.5) is 4.79 Å². The average Bonchev–Trinajstić information content (AvgIpc) is 2.41. The van der Waals surface area contributed by atoms with Gasteiger partial charge in [-0.05, 0) is 19.8 Å². The van der Waals surface area contributed by atoms with Gasteiger partial charge in [-0.3, -0.25) is 4.79 Å². The van der Waals surface area contributed by atoms with Crippen molar-refractivity contribution in [1.82, 2.24) is 9.80 Å². The number of hydrogen-bond acceptors (Lipinski definition) is 3. The van der Waals surface area contributed by atoms with Crippen molar-refractivity contribution in [2.24, 2.45) is 5.92 Å². The minimum absolute atomic E-state index is 0.0191. The zero-order chi connectivity index (χ0) is 14.0. The fraction of sp³-hybridized carbons (Fsp3) is 0.846. The molecule has 0 aromatic heterocycles. The summed E-state index contributed by atoms with van der Waals surface area (Å²) in [4.78, 5) is 27.2. The van der Waals surface area contributed by atoms with E-state index in [2.05, 4.69) is 13.8 Å². The normalized spacial score (nSPS) is 32.2. The van der Waals surface area contributed by atoms with E-state index in [9.17, 15) is 9.59 Å². The van der Waals surface area contributed by atoms with Gasteiger partial charge < -0.3 is 14.9 Å². The highest BCUT2D eigenvalue weighted by molar-refractivity contribution is 8.00. The molecule has 0 aromatic carbocycles. The summed E-state index contributed by atoms with van der Waals surface area (Å²) < 4.78 is 0. The lowest BCUT2D eigenvalue weighted by Gasteiger charge is -2.42. The molecule has 2 rings (SSSR count). The number of amides is 2. The Morgan fingerprint density at radius 2 is 2.00 bits per heavy atom. The summed E-state index contributed by atoms with van der Waals surface area (Å²) in [6.45, 7) is 6.04. The maximum Gasteiger partial charge on any atom is 0.320 e. The van der Waals surface area contributed by atoms with Gasteiger partial charge in [0.15, 0.2) is 0 Å². The Bertz CT molecular complexity index is 364. The second kappa shape index (κ2) is 6.03. The molecule has 0 radical (unpaired) electrons. The third kappa shape index (κ3) is 3.16. The Kier molecular flexibility index (Phi) is 4.60. The van der Waals surface area contributed by atoms with Crippen molar-refractivity contribution in [3.63, 3.8) is 0 Å². The summed E-state index contributed by atoms with van der Waals surface area (Å²) in [5.74, 6) is -0.217. The fourth-order valence-electron chi connectivity index (χ4n) is 2.74. The molecule has 108 valence electrons. The minimum atomic E-state index is -0.784. The molecule has 1 N–H and O–H groups in total. The van der Waals surface area contributed by atoms with E-state index in [1.54, 1.807) is 4.90 Å². The van der Waals surface area contributed by atoms with E-state index in [0.717, 1.165) is 18.7 Å². The fourth-order valence-corrected chi connectivity index (χ4v) is 3.84. The highest BCUT2D eigenvalue weighted by atomic mass is 32.2. The van der Waals surface area contributed by atoms with E-state index in [-0.39, 0.29) is 12.1 Å². The van der Waals surface area contributed by atoms with Gasteiger partial charge in [0.05, 0.1) is 5.92 Å². The number of likely N-dealkylation sites (tertiary alicyclic amines) is 1. The van der Waals surface area contributed by atoms with Gasteiger partial charge in [-0.1, -0.05) is 6.92 Å². The first-order valence-electron chi connectivity index (χ1n) is 6.90. The smallest absolute Gasteiger partial charge is 0.320 e. The van der Waals surface area contributed by atoms with Crippen LogP contribution in [0.15, 0.2) is 0 Å². The van der Waals surface area contributed by atoms with Crippen LogP contribution in [0.25, 0.3) is 0 Å². The molecule has 5 nitrogen and oxygen atoms in total. The van der Waals surface area contributed by atoms with Crippen LogP contribution in [-0.4, -0.2) is 63.6 Å². The Morgan fingerprint density at radius 1 is 1.26 bits per heavy atom. The number of thioether (sulfide) groups is 1. The van der Waals surface area contributed by atoms with Gasteiger partial charge >= 0.3 is 12.0 Å². The van der Waals surface area contributed by atoms with E-state index in [0.29, 0.717) is 24.8 Å². The first-order chi connectivity index (χ1) is 9.00. The Hall–Kier alpha value is -0.910. The highest BCUT2D eigenvalue weighted by Gasteiger charge is 2.35. The monoisotopic (exact) mass is 286 g/mol. The van der Waals surface area contributed by atoms with Crippen LogP contribution in [0.2, 0.25) is 0 Å². The van der Waals surface area contributed by atoms with Crippen LogP contribution in [0.3, 0.4) is 0 Å². The van der Waals surface area contributed by atoms with Crippen LogP contribution in [0.5, 0.6) is 0 Å². The number of aliphatic carboxylic acids is 1. The molecule has 2 aliphatic rings. The van der Waals surface area contributed by atoms with Crippen molar-refractivity contribution < 1.29 is 14.7 Å². The standard InChI is InChI=1S/C13H22N2O3S/c1-9-10(2)19-7-6-15(9)13(18)14-5-3-4-11(8-14)12(16)17/h9-11H,3-8H2,1-2H3,(H,16,17)/t9?,10?,11-/m1/s1. The molecule has 0 spiro atoms. The number of urea groups is 1. The molecule has 19 heavy (non-hydrogen) atoms. The number of carbonyl (C=O) groups is 2. The van der Waals surface area contributed by atoms with Crippen LogP contribution in [0, 0.1) is 5.92 Å².